The topological polar surface area (TPSA) is 83.9 Å². The number of carboxylic acids is 1. The maximum absolute atomic E-state index is 13.9. The first-order chi connectivity index (χ1) is 16.7. The van der Waals surface area contributed by atoms with E-state index in [1.54, 1.807) is 6.07 Å². The summed E-state index contributed by atoms with van der Waals surface area (Å²) in [4.78, 5) is 14.0. The molecule has 2 aromatic rings. The van der Waals surface area contributed by atoms with E-state index in [1.165, 1.54) is 11.8 Å². The zero-order chi connectivity index (χ0) is 25.5. The molecule has 35 heavy (non-hydrogen) atoms. The standard InChI is InChI=1S/C27H35NO5S2/c1-4-6-14-27(15-7-5-2)19-28(21-11-9-8-10-12-21)22-17-24(34-3)23(33-16-13-26(29)30)18-25(22)35(31,32)20-27/h8-13,16-18H,4-7,14-15,19-20H2,1-3H3,(H,29,30). The molecule has 0 fully saturated rings. The lowest BCUT2D eigenvalue weighted by Gasteiger charge is -2.37. The minimum absolute atomic E-state index is 0.0827. The lowest BCUT2D eigenvalue weighted by atomic mass is 9.79. The van der Waals surface area contributed by atoms with Crippen LogP contribution in [0.4, 0.5) is 11.4 Å². The number of ether oxygens (including phenoxy) is 1. The molecule has 1 heterocycles. The molecule has 0 unspecified atom stereocenters. The Labute approximate surface area is 213 Å². The van der Waals surface area contributed by atoms with Gasteiger partial charge in [0.15, 0.2) is 9.84 Å². The summed E-state index contributed by atoms with van der Waals surface area (Å²) in [6, 6.07) is 13.4. The molecule has 8 heteroatoms. The Morgan fingerprint density at radius 1 is 1.14 bits per heavy atom. The highest BCUT2D eigenvalue weighted by atomic mass is 32.2. The molecule has 0 radical (unpaired) electrons. The molecule has 6 nitrogen and oxygen atoms in total. The number of carbonyl (C=O) groups is 1. The number of nitrogens with zero attached hydrogens (tertiary/aromatic N) is 1. The molecule has 0 bridgehead atoms. The van der Waals surface area contributed by atoms with E-state index in [0.717, 1.165) is 61.4 Å². The van der Waals surface area contributed by atoms with Gasteiger partial charge in [0.05, 0.1) is 33.6 Å². The van der Waals surface area contributed by atoms with Crippen molar-refractivity contribution in [2.75, 3.05) is 23.5 Å². The predicted octanol–water partition coefficient (Wildman–Crippen LogP) is 6.68. The van der Waals surface area contributed by atoms with E-state index in [1.807, 2.05) is 42.7 Å². The number of carboxylic acid groups (broad SMARTS) is 1. The van der Waals surface area contributed by atoms with Crippen LogP contribution in [0.2, 0.25) is 0 Å². The number of rotatable bonds is 11. The van der Waals surface area contributed by atoms with Crippen LogP contribution in [0.1, 0.15) is 52.4 Å². The summed E-state index contributed by atoms with van der Waals surface area (Å²) in [6.45, 7) is 4.90. The second-order valence-electron chi connectivity index (χ2n) is 9.12. The average Bonchev–Trinajstić information content (AvgIpc) is 2.93. The zero-order valence-corrected chi connectivity index (χ0v) is 22.3. The van der Waals surface area contributed by atoms with Crippen molar-refractivity contribution in [3.05, 3.63) is 54.8 Å². The Morgan fingerprint density at radius 3 is 2.37 bits per heavy atom. The second-order valence-corrected chi connectivity index (χ2v) is 11.9. The van der Waals surface area contributed by atoms with E-state index in [0.29, 0.717) is 18.0 Å². The monoisotopic (exact) mass is 517 g/mol. The number of sulfone groups is 1. The predicted molar refractivity (Wildman–Crippen MR) is 143 cm³/mol. The summed E-state index contributed by atoms with van der Waals surface area (Å²) >= 11 is 1.43. The SMILES string of the molecule is CCCCC1(CCCC)CN(c2ccccc2)c2cc(SC)c(OC=CC(=O)O)cc2S(=O)(=O)C1. The number of aliphatic carboxylic acids is 1. The number of para-hydroxylation sites is 1. The van der Waals surface area contributed by atoms with Gasteiger partial charge in [0.25, 0.3) is 0 Å². The van der Waals surface area contributed by atoms with Crippen molar-refractivity contribution < 1.29 is 23.1 Å². The molecule has 1 aliphatic rings. The van der Waals surface area contributed by atoms with Crippen LogP contribution in [0, 0.1) is 5.41 Å². The van der Waals surface area contributed by atoms with E-state index >= 15 is 0 Å². The molecule has 1 aliphatic heterocycles. The lowest BCUT2D eigenvalue weighted by Crippen LogP contribution is -2.38. The second kappa shape index (κ2) is 12.0. The van der Waals surface area contributed by atoms with Crippen LogP contribution >= 0.6 is 11.8 Å². The van der Waals surface area contributed by atoms with E-state index < -0.39 is 15.8 Å². The van der Waals surface area contributed by atoms with Gasteiger partial charge < -0.3 is 14.7 Å². The van der Waals surface area contributed by atoms with Gasteiger partial charge in [-0.2, -0.15) is 0 Å². The Balaban J connectivity index is 2.22. The smallest absolute Gasteiger partial charge is 0.331 e. The third-order valence-electron chi connectivity index (χ3n) is 6.46. The lowest BCUT2D eigenvalue weighted by molar-refractivity contribution is -0.131. The largest absolute Gasteiger partial charge is 0.478 e. The molecule has 0 aliphatic carbocycles. The minimum Gasteiger partial charge on any atom is -0.478 e. The number of benzene rings is 2. The van der Waals surface area contributed by atoms with Gasteiger partial charge in [-0.25, -0.2) is 13.2 Å². The van der Waals surface area contributed by atoms with Crippen molar-refractivity contribution >= 4 is 38.9 Å². The summed E-state index contributed by atoms with van der Waals surface area (Å²) in [7, 11) is -3.65. The number of hydrogen-bond donors (Lipinski definition) is 1. The highest BCUT2D eigenvalue weighted by Gasteiger charge is 2.42. The molecule has 0 saturated carbocycles. The molecule has 0 aromatic heterocycles. The molecule has 190 valence electrons. The van der Waals surface area contributed by atoms with Crippen molar-refractivity contribution in [2.24, 2.45) is 5.41 Å². The van der Waals surface area contributed by atoms with Crippen molar-refractivity contribution in [1.29, 1.82) is 0 Å². The van der Waals surface area contributed by atoms with Crippen molar-refractivity contribution in [1.82, 2.24) is 0 Å². The first-order valence-corrected chi connectivity index (χ1v) is 15.0. The number of thioether (sulfide) groups is 1. The number of hydrogen-bond acceptors (Lipinski definition) is 6. The van der Waals surface area contributed by atoms with Crippen LogP contribution in [0.25, 0.3) is 0 Å². The van der Waals surface area contributed by atoms with Gasteiger partial charge in [-0.15, -0.1) is 11.8 Å². The Bertz CT molecular complexity index is 1140. The van der Waals surface area contributed by atoms with E-state index in [4.69, 9.17) is 9.84 Å². The molecule has 0 atom stereocenters. The van der Waals surface area contributed by atoms with Gasteiger partial charge >= 0.3 is 5.97 Å². The highest BCUT2D eigenvalue weighted by molar-refractivity contribution is 7.98. The molecular formula is C27H35NO5S2. The fourth-order valence-corrected chi connectivity index (χ4v) is 7.38. The molecule has 0 amide bonds. The quantitative estimate of drug-likeness (QED) is 0.202. The summed E-state index contributed by atoms with van der Waals surface area (Å²) < 4.78 is 33.5. The first-order valence-electron chi connectivity index (χ1n) is 12.1. The van der Waals surface area contributed by atoms with E-state index in [-0.39, 0.29) is 16.1 Å². The average molecular weight is 518 g/mol. The normalized spacial score (nSPS) is 16.6. The molecule has 0 spiro atoms. The summed E-state index contributed by atoms with van der Waals surface area (Å²) in [5, 5.41) is 8.92. The Kier molecular flexibility index (Phi) is 9.30. The highest BCUT2D eigenvalue weighted by Crippen LogP contribution is 2.47. The number of anilines is 2. The van der Waals surface area contributed by atoms with Crippen LogP contribution in [-0.2, 0) is 14.6 Å². The molecule has 0 saturated heterocycles. The zero-order valence-electron chi connectivity index (χ0n) is 20.7. The maximum atomic E-state index is 13.9. The molecule has 3 rings (SSSR count). The summed E-state index contributed by atoms with van der Waals surface area (Å²) in [5.74, 6) is -0.718. The third-order valence-corrected chi connectivity index (χ3v) is 9.20. The molecule has 1 N–H and O–H groups in total. The van der Waals surface area contributed by atoms with Crippen LogP contribution < -0.4 is 9.64 Å². The Hall–Kier alpha value is -2.45. The van der Waals surface area contributed by atoms with Gasteiger partial charge in [0.1, 0.15) is 5.75 Å². The third kappa shape index (κ3) is 6.61. The van der Waals surface area contributed by atoms with Crippen molar-refractivity contribution in [3.8, 4) is 5.75 Å². The number of unbranched alkanes of at least 4 members (excludes halogenated alkanes) is 2. The summed E-state index contributed by atoms with van der Waals surface area (Å²) in [5.41, 5.74) is 1.23. The van der Waals surface area contributed by atoms with Gasteiger partial charge in [-0.05, 0) is 37.3 Å². The van der Waals surface area contributed by atoms with Gasteiger partial charge in [-0.1, -0.05) is 57.7 Å². The minimum atomic E-state index is -3.65. The van der Waals surface area contributed by atoms with Crippen LogP contribution in [0.15, 0.2) is 64.6 Å². The van der Waals surface area contributed by atoms with E-state index in [2.05, 4.69) is 18.7 Å². The maximum Gasteiger partial charge on any atom is 0.331 e. The van der Waals surface area contributed by atoms with Crippen LogP contribution in [-0.4, -0.2) is 38.0 Å². The molecule has 2 aromatic carbocycles. The van der Waals surface area contributed by atoms with Crippen LogP contribution in [0.3, 0.4) is 0 Å². The van der Waals surface area contributed by atoms with Gasteiger partial charge in [0.2, 0.25) is 0 Å². The number of fused-ring (bicyclic) bond motifs is 1. The fourth-order valence-electron chi connectivity index (χ4n) is 4.72. The first kappa shape index (κ1) is 27.1. The van der Waals surface area contributed by atoms with Crippen molar-refractivity contribution in [3.63, 3.8) is 0 Å². The van der Waals surface area contributed by atoms with Crippen LogP contribution in [0.5, 0.6) is 5.75 Å². The van der Waals surface area contributed by atoms with Gasteiger partial charge in [-0.3, -0.25) is 0 Å². The molecular weight excluding hydrogens is 482 g/mol. The summed E-state index contributed by atoms with van der Waals surface area (Å²) in [6.07, 6.45) is 9.52. The van der Waals surface area contributed by atoms with Gasteiger partial charge in [0, 0.05) is 23.7 Å². The van der Waals surface area contributed by atoms with E-state index in [9.17, 15) is 13.2 Å². The Morgan fingerprint density at radius 2 is 1.80 bits per heavy atom. The fraction of sp³-hybridized carbons (Fsp3) is 0.444. The van der Waals surface area contributed by atoms with Crippen molar-refractivity contribution in [2.45, 2.75) is 62.2 Å².